The molecule has 0 saturated carbocycles. The van der Waals surface area contributed by atoms with E-state index in [0.29, 0.717) is 11.3 Å². The van der Waals surface area contributed by atoms with Gasteiger partial charge in [-0.15, -0.1) is 0 Å². The van der Waals surface area contributed by atoms with Gasteiger partial charge in [0, 0.05) is 17.8 Å². The number of aromatic amines is 1. The lowest BCUT2D eigenvalue weighted by molar-refractivity contribution is 0.0919. The van der Waals surface area contributed by atoms with Crippen LogP contribution in [0.25, 0.3) is 0 Å². The van der Waals surface area contributed by atoms with Crippen molar-refractivity contribution in [3.05, 3.63) is 59.7 Å². The van der Waals surface area contributed by atoms with Gasteiger partial charge in [0.25, 0.3) is 0 Å². The molecule has 0 saturated heterocycles. The molecule has 0 fully saturated rings. The topological polar surface area (TPSA) is 36.1 Å². The predicted octanol–water partition coefficient (Wildman–Crippen LogP) is 3.03. The number of likely N-dealkylation sites (N-methyl/N-ethyl adjacent to an activating group) is 1. The number of benzene rings is 1. The highest BCUT2D eigenvalue weighted by Crippen LogP contribution is 2.21. The zero-order valence-electron chi connectivity index (χ0n) is 11.1. The number of hydrogen-bond acceptors (Lipinski definition) is 2. The van der Waals surface area contributed by atoms with E-state index in [1.54, 1.807) is 36.5 Å². The molecular formula is C15H17FN2O. The molecule has 2 rings (SSSR count). The number of H-pyrrole nitrogens is 1. The van der Waals surface area contributed by atoms with Gasteiger partial charge in [-0.05, 0) is 32.2 Å². The predicted molar refractivity (Wildman–Crippen MR) is 72.6 cm³/mol. The molecule has 2 aromatic rings. The zero-order chi connectivity index (χ0) is 13.8. The van der Waals surface area contributed by atoms with Crippen molar-refractivity contribution >= 4 is 5.78 Å². The standard InChI is InChI=1S/C15H17FN2O/c1-11(12-6-3-4-7-13(12)16)18(2)10-15(19)14-8-5-9-17-14/h3-9,11,17H,10H2,1-2H3. The summed E-state index contributed by atoms with van der Waals surface area (Å²) in [5.74, 6) is -0.245. The van der Waals surface area contributed by atoms with Crippen LogP contribution in [0.4, 0.5) is 4.39 Å². The first kappa shape index (κ1) is 13.5. The second-order valence-corrected chi connectivity index (χ2v) is 4.62. The summed E-state index contributed by atoms with van der Waals surface area (Å²) < 4.78 is 13.7. The van der Waals surface area contributed by atoms with Crippen LogP contribution in [0.3, 0.4) is 0 Å². The molecule has 0 aliphatic rings. The number of carbonyl (C=O) groups is 1. The van der Waals surface area contributed by atoms with Crippen molar-refractivity contribution in [1.29, 1.82) is 0 Å². The van der Waals surface area contributed by atoms with Crippen LogP contribution < -0.4 is 0 Å². The molecule has 1 aromatic heterocycles. The lowest BCUT2D eigenvalue weighted by Crippen LogP contribution is -2.29. The average molecular weight is 260 g/mol. The van der Waals surface area contributed by atoms with Crippen LogP contribution in [0.2, 0.25) is 0 Å². The largest absolute Gasteiger partial charge is 0.359 e. The highest BCUT2D eigenvalue weighted by atomic mass is 19.1. The van der Waals surface area contributed by atoms with Crippen LogP contribution in [0.1, 0.15) is 29.0 Å². The molecule has 1 atom stereocenters. The number of Topliss-reactive ketones (excluding diaryl/α,β-unsaturated/α-hetero) is 1. The van der Waals surface area contributed by atoms with Gasteiger partial charge in [0.15, 0.2) is 5.78 Å². The Morgan fingerprint density at radius 2 is 2.05 bits per heavy atom. The van der Waals surface area contributed by atoms with Crippen LogP contribution in [0, 0.1) is 5.82 Å². The molecule has 1 heterocycles. The van der Waals surface area contributed by atoms with E-state index in [-0.39, 0.29) is 24.2 Å². The first-order chi connectivity index (χ1) is 9.09. The molecule has 3 nitrogen and oxygen atoms in total. The Labute approximate surface area is 112 Å². The molecule has 0 aliphatic heterocycles. The van der Waals surface area contributed by atoms with E-state index >= 15 is 0 Å². The van der Waals surface area contributed by atoms with E-state index in [1.807, 2.05) is 18.9 Å². The first-order valence-corrected chi connectivity index (χ1v) is 6.21. The Kier molecular flexibility index (Phi) is 4.12. The van der Waals surface area contributed by atoms with Crippen LogP contribution in [-0.4, -0.2) is 29.3 Å². The molecular weight excluding hydrogens is 243 g/mol. The molecule has 19 heavy (non-hydrogen) atoms. The van der Waals surface area contributed by atoms with Gasteiger partial charge in [-0.25, -0.2) is 4.39 Å². The van der Waals surface area contributed by atoms with Crippen molar-refractivity contribution in [2.45, 2.75) is 13.0 Å². The van der Waals surface area contributed by atoms with E-state index in [1.165, 1.54) is 6.07 Å². The molecule has 1 N–H and O–H groups in total. The maximum atomic E-state index is 13.7. The molecule has 1 unspecified atom stereocenters. The van der Waals surface area contributed by atoms with Gasteiger partial charge >= 0.3 is 0 Å². The number of nitrogens with zero attached hydrogens (tertiary/aromatic N) is 1. The van der Waals surface area contributed by atoms with Gasteiger partial charge in [-0.3, -0.25) is 9.69 Å². The number of rotatable bonds is 5. The summed E-state index contributed by atoms with van der Waals surface area (Å²) in [6.45, 7) is 2.14. The van der Waals surface area contributed by atoms with Crippen molar-refractivity contribution < 1.29 is 9.18 Å². The third kappa shape index (κ3) is 3.09. The third-order valence-electron chi connectivity index (χ3n) is 3.31. The maximum Gasteiger partial charge on any atom is 0.192 e. The quantitative estimate of drug-likeness (QED) is 0.839. The van der Waals surface area contributed by atoms with Crippen molar-refractivity contribution in [1.82, 2.24) is 9.88 Å². The molecule has 100 valence electrons. The molecule has 0 spiro atoms. The molecule has 1 aromatic carbocycles. The minimum Gasteiger partial charge on any atom is -0.359 e. The Balaban J connectivity index is 2.06. The summed E-state index contributed by atoms with van der Waals surface area (Å²) in [5.41, 5.74) is 1.18. The molecule has 0 bridgehead atoms. The number of aromatic nitrogens is 1. The maximum absolute atomic E-state index is 13.7. The van der Waals surface area contributed by atoms with Gasteiger partial charge in [0.1, 0.15) is 5.82 Å². The Bertz CT molecular complexity index is 551. The summed E-state index contributed by atoms with van der Waals surface area (Å²) in [5, 5.41) is 0. The monoisotopic (exact) mass is 260 g/mol. The summed E-state index contributed by atoms with van der Waals surface area (Å²) in [7, 11) is 1.82. The van der Waals surface area contributed by atoms with Crippen LogP contribution in [0.5, 0.6) is 0 Å². The Morgan fingerprint density at radius 3 is 2.68 bits per heavy atom. The number of carbonyl (C=O) groups excluding carboxylic acids is 1. The minimum atomic E-state index is -0.242. The first-order valence-electron chi connectivity index (χ1n) is 6.21. The van der Waals surface area contributed by atoms with E-state index in [4.69, 9.17) is 0 Å². The van der Waals surface area contributed by atoms with E-state index < -0.39 is 0 Å². The number of ketones is 1. The second-order valence-electron chi connectivity index (χ2n) is 4.62. The van der Waals surface area contributed by atoms with Gasteiger partial charge in [0.2, 0.25) is 0 Å². The smallest absolute Gasteiger partial charge is 0.192 e. The fourth-order valence-corrected chi connectivity index (χ4v) is 2.00. The second kappa shape index (κ2) is 5.80. The van der Waals surface area contributed by atoms with Crippen molar-refractivity contribution in [3.8, 4) is 0 Å². The van der Waals surface area contributed by atoms with E-state index in [2.05, 4.69) is 4.98 Å². The summed E-state index contributed by atoms with van der Waals surface area (Å²) in [6, 6.07) is 10.0. The Morgan fingerprint density at radius 1 is 1.32 bits per heavy atom. The summed E-state index contributed by atoms with van der Waals surface area (Å²) in [6.07, 6.45) is 1.72. The van der Waals surface area contributed by atoms with Gasteiger partial charge in [0.05, 0.1) is 12.2 Å². The SMILES string of the molecule is CC(c1ccccc1F)N(C)CC(=O)c1ccc[nH]1. The number of nitrogens with one attached hydrogen (secondary N) is 1. The fraction of sp³-hybridized carbons (Fsp3) is 0.267. The van der Waals surface area contributed by atoms with Gasteiger partial charge in [-0.2, -0.15) is 0 Å². The normalized spacial score (nSPS) is 12.6. The number of hydrogen-bond donors (Lipinski definition) is 1. The molecule has 0 radical (unpaired) electrons. The molecule has 0 amide bonds. The summed E-state index contributed by atoms with van der Waals surface area (Å²) >= 11 is 0. The lowest BCUT2D eigenvalue weighted by atomic mass is 10.1. The van der Waals surface area contributed by atoms with Gasteiger partial charge in [-0.1, -0.05) is 18.2 Å². The average Bonchev–Trinajstić information content (AvgIpc) is 2.92. The summed E-state index contributed by atoms with van der Waals surface area (Å²) in [4.78, 5) is 16.7. The highest BCUT2D eigenvalue weighted by Gasteiger charge is 2.18. The van der Waals surface area contributed by atoms with Crippen LogP contribution in [0.15, 0.2) is 42.6 Å². The third-order valence-corrected chi connectivity index (χ3v) is 3.31. The lowest BCUT2D eigenvalue weighted by Gasteiger charge is -2.24. The Hall–Kier alpha value is -1.94. The van der Waals surface area contributed by atoms with Gasteiger partial charge < -0.3 is 4.98 Å². The van der Waals surface area contributed by atoms with Crippen LogP contribution >= 0.6 is 0 Å². The van der Waals surface area contributed by atoms with Crippen molar-refractivity contribution in [2.75, 3.05) is 13.6 Å². The molecule has 4 heteroatoms. The highest BCUT2D eigenvalue weighted by molar-refractivity contribution is 5.95. The minimum absolute atomic E-state index is 0.00399. The van der Waals surface area contributed by atoms with Crippen molar-refractivity contribution in [3.63, 3.8) is 0 Å². The zero-order valence-corrected chi connectivity index (χ0v) is 11.1. The van der Waals surface area contributed by atoms with Crippen LogP contribution in [-0.2, 0) is 0 Å². The fourth-order valence-electron chi connectivity index (χ4n) is 2.00. The number of halogens is 1. The van der Waals surface area contributed by atoms with Crippen molar-refractivity contribution in [2.24, 2.45) is 0 Å². The van der Waals surface area contributed by atoms with E-state index in [9.17, 15) is 9.18 Å². The molecule has 0 aliphatic carbocycles. The van der Waals surface area contributed by atoms with E-state index in [0.717, 1.165) is 0 Å².